The number of halogens is 4. The molecule has 3 atom stereocenters. The lowest BCUT2D eigenvalue weighted by atomic mass is 10.0. The van der Waals surface area contributed by atoms with Crippen LogP contribution >= 0.6 is 11.8 Å². The van der Waals surface area contributed by atoms with Crippen LogP contribution in [-0.2, 0) is 4.74 Å². The summed E-state index contributed by atoms with van der Waals surface area (Å²) < 4.78 is 46.3. The van der Waals surface area contributed by atoms with Crippen molar-refractivity contribution in [3.63, 3.8) is 0 Å². The Balaban J connectivity index is 0.000000696. The van der Waals surface area contributed by atoms with Gasteiger partial charge in [-0.3, -0.25) is 0 Å². The fourth-order valence-corrected chi connectivity index (χ4v) is 5.72. The lowest BCUT2D eigenvalue weighted by Gasteiger charge is -2.16. The van der Waals surface area contributed by atoms with Gasteiger partial charge in [-0.15, -0.1) is 0 Å². The van der Waals surface area contributed by atoms with E-state index in [9.17, 15) is 26.9 Å². The second kappa shape index (κ2) is 11.8. The van der Waals surface area contributed by atoms with Gasteiger partial charge in [-0.1, -0.05) is 22.5 Å². The van der Waals surface area contributed by atoms with Gasteiger partial charge < -0.3 is 32.6 Å². The molecule has 0 saturated carbocycles. The zero-order valence-corrected chi connectivity index (χ0v) is 20.1. The molecule has 13 heteroatoms. The lowest BCUT2D eigenvalue weighted by Crippen LogP contribution is -2.62. The highest BCUT2D eigenvalue weighted by Gasteiger charge is 2.42. The minimum atomic E-state index is -6.00. The summed E-state index contributed by atoms with van der Waals surface area (Å²) in [6.07, 6.45) is 3.69. The monoisotopic (exact) mass is 494 g/mol. The van der Waals surface area contributed by atoms with Crippen molar-refractivity contribution < 1.29 is 36.3 Å². The number of hydrogen-bond acceptors (Lipinski definition) is 4. The SMILES string of the molecule is Cc1cc(C)[n+](N(C)C(=O)OCCCCC[C@@H]2SC[C@@H]3NC(=O)N[C@@H]32)c(C)c1.F[B-](F)(F)F. The number of carbonyl (C=O) groups excluding carboxylic acids is 2. The fourth-order valence-electron chi connectivity index (χ4n) is 4.18. The van der Waals surface area contributed by atoms with E-state index in [1.54, 1.807) is 7.05 Å². The van der Waals surface area contributed by atoms with Gasteiger partial charge in [0.25, 0.3) is 0 Å². The first kappa shape index (κ1) is 27.1. The molecule has 3 rings (SSSR count). The molecule has 33 heavy (non-hydrogen) atoms. The molecule has 2 saturated heterocycles. The maximum absolute atomic E-state index is 12.4. The van der Waals surface area contributed by atoms with E-state index in [0.717, 1.165) is 42.8 Å². The smallest absolute Gasteiger partial charge is 0.446 e. The number of fused-ring (bicyclic) bond motifs is 1. The normalized spacial score (nSPS) is 21.5. The van der Waals surface area contributed by atoms with Gasteiger partial charge in [-0.2, -0.15) is 11.8 Å². The predicted octanol–water partition coefficient (Wildman–Crippen LogP) is 3.63. The van der Waals surface area contributed by atoms with Crippen LogP contribution in [0.5, 0.6) is 0 Å². The Morgan fingerprint density at radius 1 is 1.15 bits per heavy atom. The average Bonchev–Trinajstić information content (AvgIpc) is 3.21. The van der Waals surface area contributed by atoms with Crippen molar-refractivity contribution >= 4 is 31.1 Å². The van der Waals surface area contributed by atoms with Crippen molar-refractivity contribution in [2.75, 3.05) is 24.4 Å². The number of urea groups is 1. The molecular weight excluding hydrogens is 463 g/mol. The summed E-state index contributed by atoms with van der Waals surface area (Å²) in [5.41, 5.74) is 3.17. The second-order valence-electron chi connectivity index (χ2n) is 8.23. The Hall–Kier alpha value is -2.18. The number of nitrogens with one attached hydrogen (secondary N) is 2. The van der Waals surface area contributed by atoms with Crippen molar-refractivity contribution in [2.45, 2.75) is 63.8 Å². The molecule has 0 bridgehead atoms. The van der Waals surface area contributed by atoms with Crippen LogP contribution in [0.3, 0.4) is 0 Å². The Kier molecular flexibility index (Phi) is 9.68. The van der Waals surface area contributed by atoms with Gasteiger partial charge >= 0.3 is 19.4 Å². The van der Waals surface area contributed by atoms with Crippen LogP contribution in [0, 0.1) is 20.8 Å². The number of carbonyl (C=O) groups is 2. The van der Waals surface area contributed by atoms with Crippen molar-refractivity contribution in [3.05, 3.63) is 29.1 Å². The molecule has 0 aromatic carbocycles. The summed E-state index contributed by atoms with van der Waals surface area (Å²) in [5, 5.41) is 8.00. The number of hydrogen-bond donors (Lipinski definition) is 2. The van der Waals surface area contributed by atoms with E-state index in [4.69, 9.17) is 4.74 Å². The molecule has 0 radical (unpaired) electrons. The van der Waals surface area contributed by atoms with Gasteiger partial charge in [-0.05, 0) is 25.3 Å². The first-order chi connectivity index (χ1) is 15.4. The first-order valence-electron chi connectivity index (χ1n) is 10.8. The molecule has 0 unspecified atom stereocenters. The quantitative estimate of drug-likeness (QED) is 0.200. The molecule has 0 spiro atoms. The van der Waals surface area contributed by atoms with Crippen molar-refractivity contribution in [2.24, 2.45) is 0 Å². The fraction of sp³-hybridized carbons (Fsp3) is 0.650. The van der Waals surface area contributed by atoms with Gasteiger partial charge in [-0.25, -0.2) is 9.59 Å². The van der Waals surface area contributed by atoms with Crippen LogP contribution in [0.4, 0.5) is 26.9 Å². The Morgan fingerprint density at radius 2 is 1.76 bits per heavy atom. The third-order valence-electron chi connectivity index (χ3n) is 5.40. The van der Waals surface area contributed by atoms with E-state index in [1.807, 2.05) is 49.3 Å². The number of thioether (sulfide) groups is 1. The number of aromatic nitrogens is 1. The highest BCUT2D eigenvalue weighted by molar-refractivity contribution is 8.00. The molecule has 2 aliphatic heterocycles. The predicted molar refractivity (Wildman–Crippen MR) is 120 cm³/mol. The standard InChI is InChI=1S/C20H30N4O3S.BF4/c1-13-10-14(2)24(15(3)11-13)23(4)20(26)27-9-7-5-6-8-17-18-16(12-28-17)21-19(25)22-18;2-1(3,4)5/h10-11,16-18H,5-9,12H2,1-4H3,(H-,21,22,25);/q;-1/p+1/t16-,17-,18-;/m0./s1. The summed E-state index contributed by atoms with van der Waals surface area (Å²) in [4.78, 5) is 23.8. The van der Waals surface area contributed by atoms with Crippen LogP contribution in [-0.4, -0.2) is 56.1 Å². The van der Waals surface area contributed by atoms with Gasteiger partial charge in [0.15, 0.2) is 0 Å². The second-order valence-corrected chi connectivity index (χ2v) is 9.50. The maximum atomic E-state index is 12.4. The Bertz CT molecular complexity index is 817. The van der Waals surface area contributed by atoms with Gasteiger partial charge in [0.05, 0.1) is 25.7 Å². The molecule has 7 nitrogen and oxygen atoms in total. The first-order valence-corrected chi connectivity index (χ1v) is 11.9. The van der Waals surface area contributed by atoms with Crippen molar-refractivity contribution in [1.29, 1.82) is 0 Å². The highest BCUT2D eigenvalue weighted by Crippen LogP contribution is 2.33. The highest BCUT2D eigenvalue weighted by atomic mass is 32.2. The minimum Gasteiger partial charge on any atom is -0.446 e. The number of rotatable bonds is 7. The number of aryl methyl sites for hydroxylation is 3. The molecule has 3 amide bonds. The molecule has 2 aliphatic rings. The van der Waals surface area contributed by atoms with E-state index >= 15 is 0 Å². The average molecular weight is 494 g/mol. The molecule has 2 N–H and O–H groups in total. The van der Waals surface area contributed by atoms with Crippen molar-refractivity contribution in [3.8, 4) is 0 Å². The van der Waals surface area contributed by atoms with Gasteiger partial charge in [0.2, 0.25) is 11.4 Å². The third-order valence-corrected chi connectivity index (χ3v) is 6.91. The maximum Gasteiger partial charge on any atom is 0.673 e. The summed E-state index contributed by atoms with van der Waals surface area (Å²) in [5.74, 6) is 0.994. The molecule has 186 valence electrons. The van der Waals surface area contributed by atoms with Crippen LogP contribution < -0.4 is 20.3 Å². The van der Waals surface area contributed by atoms with Crippen LogP contribution in [0.2, 0.25) is 0 Å². The lowest BCUT2D eigenvalue weighted by molar-refractivity contribution is -0.692. The summed E-state index contributed by atoms with van der Waals surface area (Å²) >= 11 is 1.94. The molecule has 1 aromatic rings. The molecule has 1 aromatic heterocycles. The van der Waals surface area contributed by atoms with E-state index in [-0.39, 0.29) is 24.2 Å². The van der Waals surface area contributed by atoms with E-state index in [0.29, 0.717) is 11.9 Å². The molecule has 0 aliphatic carbocycles. The van der Waals surface area contributed by atoms with Gasteiger partial charge in [0.1, 0.15) is 0 Å². The molecular formula is C20H31BF4N4O3S. The Morgan fingerprint density at radius 3 is 2.36 bits per heavy atom. The minimum absolute atomic E-state index is 0.0340. The summed E-state index contributed by atoms with van der Waals surface area (Å²) in [6, 6.07) is 4.61. The number of nitrogens with zero attached hydrogens (tertiary/aromatic N) is 2. The Labute approximate surface area is 195 Å². The number of ether oxygens (including phenoxy) is 1. The number of pyridine rings is 1. The van der Waals surface area contributed by atoms with Crippen molar-refractivity contribution in [1.82, 2.24) is 10.6 Å². The topological polar surface area (TPSA) is 74.5 Å². The molecule has 2 fully saturated rings. The van der Waals surface area contributed by atoms with E-state index < -0.39 is 7.25 Å². The van der Waals surface area contributed by atoms with Crippen LogP contribution in [0.25, 0.3) is 0 Å². The summed E-state index contributed by atoms with van der Waals surface area (Å²) in [6.45, 7) is 6.44. The van der Waals surface area contributed by atoms with Crippen LogP contribution in [0.1, 0.15) is 42.6 Å². The van der Waals surface area contributed by atoms with Crippen LogP contribution in [0.15, 0.2) is 12.1 Å². The zero-order valence-electron chi connectivity index (χ0n) is 19.2. The molecule has 3 heterocycles. The third kappa shape index (κ3) is 8.60. The van der Waals surface area contributed by atoms with E-state index in [1.165, 1.54) is 10.6 Å². The largest absolute Gasteiger partial charge is 0.673 e. The van der Waals surface area contributed by atoms with Gasteiger partial charge in [0, 0.05) is 37.0 Å². The zero-order chi connectivity index (χ0) is 24.8. The van der Waals surface area contributed by atoms with E-state index in [2.05, 4.69) is 10.6 Å². The number of amides is 3. The number of unbranched alkanes of at least 4 members (excludes halogenated alkanes) is 2. The summed E-state index contributed by atoms with van der Waals surface area (Å²) in [7, 11) is -4.27.